The highest BCUT2D eigenvalue weighted by atomic mass is 19.1. The van der Waals surface area contributed by atoms with Crippen molar-refractivity contribution in [1.82, 2.24) is 9.88 Å². The molecule has 3 heterocycles. The van der Waals surface area contributed by atoms with E-state index in [-0.39, 0.29) is 24.1 Å². The molecule has 6 heteroatoms. The molecular weight excluding hydrogens is 345 g/mol. The van der Waals surface area contributed by atoms with Crippen LogP contribution in [0.25, 0.3) is 0 Å². The lowest BCUT2D eigenvalue weighted by atomic mass is 10.1. The molecule has 2 atom stereocenters. The van der Waals surface area contributed by atoms with Crippen LogP contribution in [0.3, 0.4) is 0 Å². The summed E-state index contributed by atoms with van der Waals surface area (Å²) < 4.78 is 25.5. The van der Waals surface area contributed by atoms with Crippen molar-refractivity contribution in [3.8, 4) is 0 Å². The maximum Gasteiger partial charge on any atom is 0.125 e. The zero-order valence-electron chi connectivity index (χ0n) is 15.4. The second-order valence-corrected chi connectivity index (χ2v) is 7.32. The van der Waals surface area contributed by atoms with Crippen molar-refractivity contribution in [3.63, 3.8) is 0 Å². The maximum absolute atomic E-state index is 13.3. The quantitative estimate of drug-likeness (QED) is 0.846. The van der Waals surface area contributed by atoms with Crippen LogP contribution in [0, 0.1) is 5.82 Å². The van der Waals surface area contributed by atoms with E-state index in [1.165, 1.54) is 17.7 Å². The van der Waals surface area contributed by atoms with Gasteiger partial charge in [0, 0.05) is 31.2 Å². The smallest absolute Gasteiger partial charge is 0.125 e. The minimum absolute atomic E-state index is 0.0384. The molecule has 1 N–H and O–H groups in total. The molecule has 0 saturated carbocycles. The van der Waals surface area contributed by atoms with Crippen LogP contribution in [-0.2, 0) is 15.9 Å². The second kappa shape index (κ2) is 8.78. The Morgan fingerprint density at radius 3 is 2.63 bits per heavy atom. The number of rotatable bonds is 6. The van der Waals surface area contributed by atoms with Gasteiger partial charge in [-0.15, -0.1) is 0 Å². The van der Waals surface area contributed by atoms with E-state index in [4.69, 9.17) is 9.47 Å². The van der Waals surface area contributed by atoms with Gasteiger partial charge in [-0.05, 0) is 49.2 Å². The predicted octanol–water partition coefficient (Wildman–Crippen LogP) is 2.73. The van der Waals surface area contributed by atoms with Crippen molar-refractivity contribution in [1.29, 1.82) is 0 Å². The first-order chi connectivity index (χ1) is 13.3. The molecule has 0 spiro atoms. The van der Waals surface area contributed by atoms with E-state index in [1.54, 1.807) is 6.07 Å². The third-order valence-electron chi connectivity index (χ3n) is 5.17. The number of ether oxygens (including phenoxy) is 2. The molecule has 4 rings (SSSR count). The van der Waals surface area contributed by atoms with Crippen molar-refractivity contribution in [2.75, 3.05) is 38.2 Å². The fraction of sp³-hybridized carbons (Fsp3) is 0.476. The van der Waals surface area contributed by atoms with Gasteiger partial charge in [0.25, 0.3) is 0 Å². The van der Waals surface area contributed by atoms with E-state index < -0.39 is 0 Å². The van der Waals surface area contributed by atoms with Gasteiger partial charge in [-0.2, -0.15) is 0 Å². The molecule has 0 unspecified atom stereocenters. The zero-order chi connectivity index (χ0) is 18.5. The van der Waals surface area contributed by atoms with E-state index in [1.807, 2.05) is 24.5 Å². The van der Waals surface area contributed by atoms with Crippen molar-refractivity contribution in [2.45, 2.75) is 31.1 Å². The van der Waals surface area contributed by atoms with Crippen molar-refractivity contribution < 1.29 is 13.9 Å². The number of pyridine rings is 1. The summed E-state index contributed by atoms with van der Waals surface area (Å²) in [5.74, 6) is -0.241. The summed E-state index contributed by atoms with van der Waals surface area (Å²) in [4.78, 5) is 6.59. The molecule has 0 radical (unpaired) electrons. The fourth-order valence-electron chi connectivity index (χ4n) is 3.80. The molecule has 2 aromatic rings. The fourth-order valence-corrected chi connectivity index (χ4v) is 3.80. The van der Waals surface area contributed by atoms with Crippen LogP contribution in [0.15, 0.2) is 48.8 Å². The number of halogens is 1. The maximum atomic E-state index is 13.3. The lowest BCUT2D eigenvalue weighted by Crippen LogP contribution is -2.31. The number of aromatic nitrogens is 1. The first-order valence-electron chi connectivity index (χ1n) is 9.63. The third kappa shape index (κ3) is 5.03. The molecule has 1 aromatic heterocycles. The van der Waals surface area contributed by atoms with Gasteiger partial charge in [-0.25, -0.2) is 4.39 Å². The molecule has 144 valence electrons. The molecule has 0 amide bonds. The van der Waals surface area contributed by atoms with Crippen molar-refractivity contribution >= 4 is 5.69 Å². The minimum atomic E-state index is -0.241. The zero-order valence-corrected chi connectivity index (χ0v) is 15.4. The Balaban J connectivity index is 1.22. The van der Waals surface area contributed by atoms with Crippen LogP contribution >= 0.6 is 0 Å². The van der Waals surface area contributed by atoms with Gasteiger partial charge in [0.2, 0.25) is 0 Å². The second-order valence-electron chi connectivity index (χ2n) is 7.32. The Morgan fingerprint density at radius 1 is 1.11 bits per heavy atom. The van der Waals surface area contributed by atoms with Crippen LogP contribution < -0.4 is 5.32 Å². The molecular formula is C21H26FN3O2. The Labute approximate surface area is 159 Å². The minimum Gasteiger partial charge on any atom is -0.378 e. The number of aryl methyl sites for hydroxylation is 1. The molecule has 5 nitrogen and oxygen atoms in total. The first kappa shape index (κ1) is 18.3. The SMILES string of the molecule is Fc1cccc(NC2CO[C@H]3CN(CCCc4cccnc4)C[C@@H]3OC2)c1. The molecule has 2 saturated heterocycles. The summed E-state index contributed by atoms with van der Waals surface area (Å²) in [7, 11) is 0. The molecule has 0 aliphatic carbocycles. The van der Waals surface area contributed by atoms with Crippen LogP contribution in [0.4, 0.5) is 10.1 Å². The van der Waals surface area contributed by atoms with Crippen LogP contribution in [0.1, 0.15) is 12.0 Å². The summed E-state index contributed by atoms with van der Waals surface area (Å²) in [6.45, 7) is 4.00. The molecule has 2 aliphatic rings. The Bertz CT molecular complexity index is 714. The molecule has 27 heavy (non-hydrogen) atoms. The summed E-state index contributed by atoms with van der Waals surface area (Å²) in [5, 5.41) is 3.31. The number of hydrogen-bond acceptors (Lipinski definition) is 5. The van der Waals surface area contributed by atoms with Gasteiger partial charge in [0.05, 0.1) is 31.5 Å². The highest BCUT2D eigenvalue weighted by molar-refractivity contribution is 5.44. The van der Waals surface area contributed by atoms with Gasteiger partial charge in [0.1, 0.15) is 5.82 Å². The Hall–Kier alpha value is -2.02. The van der Waals surface area contributed by atoms with Gasteiger partial charge in [-0.1, -0.05) is 12.1 Å². The molecule has 0 bridgehead atoms. The Morgan fingerprint density at radius 2 is 1.93 bits per heavy atom. The van der Waals surface area contributed by atoms with Crippen LogP contribution in [-0.4, -0.2) is 61.0 Å². The van der Waals surface area contributed by atoms with Gasteiger partial charge < -0.3 is 14.8 Å². The van der Waals surface area contributed by atoms with Gasteiger partial charge >= 0.3 is 0 Å². The van der Waals surface area contributed by atoms with E-state index in [2.05, 4.69) is 21.3 Å². The van der Waals surface area contributed by atoms with Gasteiger partial charge in [-0.3, -0.25) is 9.88 Å². The number of nitrogens with one attached hydrogen (secondary N) is 1. The Kier molecular flexibility index (Phi) is 5.97. The summed E-state index contributed by atoms with van der Waals surface area (Å²) in [5.41, 5.74) is 2.04. The number of hydrogen-bond donors (Lipinski definition) is 1. The monoisotopic (exact) mass is 371 g/mol. The number of anilines is 1. The van der Waals surface area contributed by atoms with Crippen LogP contribution in [0.2, 0.25) is 0 Å². The number of fused-ring (bicyclic) bond motifs is 1. The highest BCUT2D eigenvalue weighted by Crippen LogP contribution is 2.22. The van der Waals surface area contributed by atoms with E-state index in [0.717, 1.165) is 38.2 Å². The predicted molar refractivity (Wildman–Crippen MR) is 102 cm³/mol. The topological polar surface area (TPSA) is 46.6 Å². The molecule has 2 fully saturated rings. The average Bonchev–Trinajstić information content (AvgIpc) is 2.97. The number of nitrogens with zero attached hydrogens (tertiary/aromatic N) is 2. The average molecular weight is 371 g/mol. The molecule has 1 aromatic carbocycles. The highest BCUT2D eigenvalue weighted by Gasteiger charge is 2.37. The first-order valence-corrected chi connectivity index (χ1v) is 9.63. The normalized spacial score (nSPS) is 23.7. The largest absolute Gasteiger partial charge is 0.378 e. The third-order valence-corrected chi connectivity index (χ3v) is 5.17. The van der Waals surface area contributed by atoms with Crippen LogP contribution in [0.5, 0.6) is 0 Å². The van der Waals surface area contributed by atoms with E-state index in [0.29, 0.717) is 13.2 Å². The summed E-state index contributed by atoms with van der Waals surface area (Å²) in [6, 6.07) is 10.6. The van der Waals surface area contributed by atoms with Gasteiger partial charge in [0.15, 0.2) is 0 Å². The standard InChI is InChI=1S/C21H26FN3O2/c22-17-6-1-7-18(10-17)24-19-14-26-20-12-25(13-21(20)27-15-19)9-3-5-16-4-2-8-23-11-16/h1-2,4,6-8,10-11,19-21,24H,3,5,9,12-15H2/t20-,21-/m0/s1. The lowest BCUT2D eigenvalue weighted by molar-refractivity contribution is -0.00461. The number of likely N-dealkylation sites (tertiary alicyclic amines) is 1. The summed E-state index contributed by atoms with van der Waals surface area (Å²) in [6.07, 6.45) is 6.12. The lowest BCUT2D eigenvalue weighted by Gasteiger charge is -2.20. The summed E-state index contributed by atoms with van der Waals surface area (Å²) >= 11 is 0. The van der Waals surface area contributed by atoms with E-state index in [9.17, 15) is 4.39 Å². The molecule has 2 aliphatic heterocycles. The van der Waals surface area contributed by atoms with E-state index >= 15 is 0 Å². The van der Waals surface area contributed by atoms with Crippen molar-refractivity contribution in [3.05, 3.63) is 60.2 Å². The van der Waals surface area contributed by atoms with Crippen molar-refractivity contribution in [2.24, 2.45) is 0 Å². The number of benzene rings is 1.